The number of aromatic nitrogens is 4. The molecule has 168 valence electrons. The second-order valence-corrected chi connectivity index (χ2v) is 8.86. The summed E-state index contributed by atoms with van der Waals surface area (Å²) in [7, 11) is 0. The van der Waals surface area contributed by atoms with Gasteiger partial charge in [-0.3, -0.25) is 4.79 Å². The van der Waals surface area contributed by atoms with Crippen LogP contribution >= 0.6 is 0 Å². The van der Waals surface area contributed by atoms with E-state index in [4.69, 9.17) is 16.0 Å². The quantitative estimate of drug-likeness (QED) is 0.464. The van der Waals surface area contributed by atoms with Crippen LogP contribution < -0.4 is 17.0 Å². The summed E-state index contributed by atoms with van der Waals surface area (Å²) >= 11 is 0. The number of hydrogen-bond acceptors (Lipinski definition) is 7. The van der Waals surface area contributed by atoms with Crippen LogP contribution in [0.2, 0.25) is 0 Å². The number of rotatable bonds is 6. The van der Waals surface area contributed by atoms with Crippen molar-refractivity contribution in [3.63, 3.8) is 0 Å². The van der Waals surface area contributed by atoms with Crippen LogP contribution in [0.15, 0.2) is 64.2 Å². The van der Waals surface area contributed by atoms with Crippen LogP contribution in [0.1, 0.15) is 31.9 Å². The van der Waals surface area contributed by atoms with Gasteiger partial charge in [0, 0.05) is 42.0 Å². The summed E-state index contributed by atoms with van der Waals surface area (Å²) in [4.78, 5) is 21.3. The Hall–Kier alpha value is -3.78. The molecular weight excluding hydrogens is 416 g/mol. The smallest absolute Gasteiger partial charge is 0.250 e. The zero-order valence-corrected chi connectivity index (χ0v) is 18.6. The molecule has 3 atom stereocenters. The number of pyridine rings is 1. The molecule has 1 fully saturated rings. The normalized spacial score (nSPS) is 18.3. The summed E-state index contributed by atoms with van der Waals surface area (Å²) in [6, 6.07) is 12.9. The van der Waals surface area contributed by atoms with E-state index in [1.165, 1.54) is 0 Å². The Morgan fingerprint density at radius 3 is 2.76 bits per heavy atom. The molecule has 8 nitrogen and oxygen atoms in total. The third-order valence-corrected chi connectivity index (χ3v) is 6.24. The standard InChI is InChI=1S/C25H26N6O2/c1-14-8-19(14)13-31-12-18(6-7-23(31)32)21-11-28-25(27)24(29-21)22-10-20(30-33-22)17-5-3-4-16(9-17)15(2)26/h3-7,9-12,14-15,19H,8,13,26H2,1-2H3,(H2,27,28). The third-order valence-electron chi connectivity index (χ3n) is 6.24. The van der Waals surface area contributed by atoms with Gasteiger partial charge in [-0.25, -0.2) is 9.97 Å². The Morgan fingerprint density at radius 2 is 2.00 bits per heavy atom. The molecule has 5 rings (SSSR count). The largest absolute Gasteiger partial charge is 0.382 e. The molecule has 3 unspecified atom stereocenters. The highest BCUT2D eigenvalue weighted by molar-refractivity contribution is 5.73. The Balaban J connectivity index is 1.47. The van der Waals surface area contributed by atoms with Crippen LogP contribution in [0, 0.1) is 11.8 Å². The number of anilines is 1. The van der Waals surface area contributed by atoms with Crippen molar-refractivity contribution in [2.45, 2.75) is 32.9 Å². The summed E-state index contributed by atoms with van der Waals surface area (Å²) in [5.74, 6) is 1.88. The van der Waals surface area contributed by atoms with E-state index in [9.17, 15) is 4.79 Å². The minimum absolute atomic E-state index is 0.0182. The van der Waals surface area contributed by atoms with E-state index in [0.717, 1.165) is 29.7 Å². The number of hydrogen-bond donors (Lipinski definition) is 2. The molecule has 33 heavy (non-hydrogen) atoms. The fourth-order valence-electron chi connectivity index (χ4n) is 3.95. The van der Waals surface area contributed by atoms with Gasteiger partial charge in [0.15, 0.2) is 17.3 Å². The lowest BCUT2D eigenvalue weighted by atomic mass is 10.0. The fraction of sp³-hybridized carbons (Fsp3) is 0.280. The fourth-order valence-corrected chi connectivity index (χ4v) is 3.95. The van der Waals surface area contributed by atoms with Gasteiger partial charge in [0.05, 0.1) is 11.9 Å². The van der Waals surface area contributed by atoms with Gasteiger partial charge in [-0.05, 0) is 42.9 Å². The maximum absolute atomic E-state index is 12.3. The Labute approximate surface area is 191 Å². The van der Waals surface area contributed by atoms with E-state index in [-0.39, 0.29) is 17.4 Å². The molecule has 0 amide bonds. The summed E-state index contributed by atoms with van der Waals surface area (Å²) in [6.07, 6.45) is 4.60. The molecule has 1 saturated carbocycles. The van der Waals surface area contributed by atoms with Crippen molar-refractivity contribution in [2.75, 3.05) is 5.73 Å². The first-order valence-electron chi connectivity index (χ1n) is 11.1. The zero-order valence-electron chi connectivity index (χ0n) is 18.6. The lowest BCUT2D eigenvalue weighted by Crippen LogP contribution is -2.19. The van der Waals surface area contributed by atoms with Crippen LogP contribution in [-0.4, -0.2) is 19.7 Å². The summed E-state index contributed by atoms with van der Waals surface area (Å²) in [5.41, 5.74) is 16.5. The molecule has 0 radical (unpaired) electrons. The number of benzene rings is 1. The van der Waals surface area contributed by atoms with Crippen molar-refractivity contribution in [1.82, 2.24) is 19.7 Å². The number of nitrogens with zero attached hydrogens (tertiary/aromatic N) is 4. The first-order chi connectivity index (χ1) is 15.9. The van der Waals surface area contributed by atoms with E-state index >= 15 is 0 Å². The lowest BCUT2D eigenvalue weighted by Gasteiger charge is -2.09. The molecule has 0 spiro atoms. The molecule has 0 aliphatic heterocycles. The second kappa shape index (κ2) is 8.29. The van der Waals surface area contributed by atoms with Gasteiger partial charge in [-0.1, -0.05) is 30.3 Å². The molecule has 1 aliphatic carbocycles. The van der Waals surface area contributed by atoms with E-state index < -0.39 is 0 Å². The van der Waals surface area contributed by atoms with Crippen LogP contribution in [0.5, 0.6) is 0 Å². The van der Waals surface area contributed by atoms with Crippen LogP contribution in [0.3, 0.4) is 0 Å². The minimum atomic E-state index is -0.0825. The van der Waals surface area contributed by atoms with Crippen molar-refractivity contribution in [3.05, 3.63) is 70.8 Å². The Morgan fingerprint density at radius 1 is 1.18 bits per heavy atom. The molecule has 3 heterocycles. The van der Waals surface area contributed by atoms with Gasteiger partial charge in [-0.2, -0.15) is 0 Å². The van der Waals surface area contributed by atoms with Crippen molar-refractivity contribution in [1.29, 1.82) is 0 Å². The zero-order chi connectivity index (χ0) is 23.1. The minimum Gasteiger partial charge on any atom is -0.382 e. The molecule has 0 saturated heterocycles. The van der Waals surface area contributed by atoms with E-state index in [1.807, 2.05) is 37.4 Å². The van der Waals surface area contributed by atoms with Gasteiger partial charge in [0.25, 0.3) is 5.56 Å². The highest BCUT2D eigenvalue weighted by Crippen LogP contribution is 2.38. The first kappa shape index (κ1) is 21.1. The molecule has 1 aliphatic rings. The molecule has 1 aromatic carbocycles. The van der Waals surface area contributed by atoms with E-state index in [1.54, 1.807) is 29.0 Å². The molecule has 4 N–H and O–H groups in total. The van der Waals surface area contributed by atoms with Crippen molar-refractivity contribution >= 4 is 5.82 Å². The van der Waals surface area contributed by atoms with Crippen LogP contribution in [-0.2, 0) is 6.54 Å². The molecule has 8 heteroatoms. The van der Waals surface area contributed by atoms with Crippen molar-refractivity contribution < 1.29 is 4.52 Å². The Bertz CT molecular complexity index is 1370. The predicted octanol–water partition coefficient (Wildman–Crippen LogP) is 3.89. The van der Waals surface area contributed by atoms with Crippen LogP contribution in [0.4, 0.5) is 5.82 Å². The average molecular weight is 443 g/mol. The number of nitrogen functional groups attached to an aromatic ring is 1. The van der Waals surface area contributed by atoms with Crippen LogP contribution in [0.25, 0.3) is 34.0 Å². The highest BCUT2D eigenvalue weighted by atomic mass is 16.5. The lowest BCUT2D eigenvalue weighted by molar-refractivity contribution is 0.434. The third kappa shape index (κ3) is 4.29. The highest BCUT2D eigenvalue weighted by Gasteiger charge is 2.32. The summed E-state index contributed by atoms with van der Waals surface area (Å²) in [5, 5.41) is 4.19. The van der Waals surface area contributed by atoms with Gasteiger partial charge < -0.3 is 20.6 Å². The average Bonchev–Trinajstić information content (AvgIpc) is 3.29. The van der Waals surface area contributed by atoms with E-state index in [0.29, 0.717) is 34.7 Å². The van der Waals surface area contributed by atoms with E-state index in [2.05, 4.69) is 22.0 Å². The maximum Gasteiger partial charge on any atom is 0.250 e. The summed E-state index contributed by atoms with van der Waals surface area (Å²) in [6.45, 7) is 4.86. The monoisotopic (exact) mass is 442 g/mol. The van der Waals surface area contributed by atoms with Crippen molar-refractivity contribution in [3.8, 4) is 34.0 Å². The van der Waals surface area contributed by atoms with Gasteiger partial charge in [0.2, 0.25) is 0 Å². The van der Waals surface area contributed by atoms with Crippen molar-refractivity contribution in [2.24, 2.45) is 17.6 Å². The molecule has 4 aromatic rings. The predicted molar refractivity (Wildman–Crippen MR) is 127 cm³/mol. The SMILES string of the molecule is CC(N)c1cccc(-c2cc(-c3nc(-c4ccc(=O)n(CC5CC5C)c4)cnc3N)on2)c1. The number of nitrogens with two attached hydrogens (primary N) is 2. The first-order valence-corrected chi connectivity index (χ1v) is 11.1. The molecule has 3 aromatic heterocycles. The molecule has 0 bridgehead atoms. The Kier molecular flexibility index (Phi) is 5.30. The van der Waals surface area contributed by atoms with Gasteiger partial charge in [-0.15, -0.1) is 0 Å². The molecular formula is C25H26N6O2. The summed E-state index contributed by atoms with van der Waals surface area (Å²) < 4.78 is 7.32. The maximum atomic E-state index is 12.3. The second-order valence-electron chi connectivity index (χ2n) is 8.86. The topological polar surface area (TPSA) is 126 Å². The van der Waals surface area contributed by atoms with Gasteiger partial charge in [0.1, 0.15) is 5.69 Å². The van der Waals surface area contributed by atoms with Gasteiger partial charge >= 0.3 is 0 Å².